The molecule has 1 amide bonds. The first-order valence-electron chi connectivity index (χ1n) is 9.18. The Bertz CT molecular complexity index is 763. The predicted octanol–water partition coefficient (Wildman–Crippen LogP) is 1.65. The molecule has 0 saturated carbocycles. The quantitative estimate of drug-likeness (QED) is 0.801. The zero-order valence-corrected chi connectivity index (χ0v) is 15.1. The van der Waals surface area contributed by atoms with E-state index in [-0.39, 0.29) is 5.91 Å². The van der Waals surface area contributed by atoms with E-state index in [0.717, 1.165) is 63.4 Å². The maximum Gasteiger partial charge on any atom is 0.276 e. The van der Waals surface area contributed by atoms with Crippen LogP contribution >= 0.6 is 0 Å². The third-order valence-electron chi connectivity index (χ3n) is 5.03. The Balaban J connectivity index is 1.38. The number of carbonyl (C=O) groups is 1. The normalized spacial score (nSPS) is 17.9. The van der Waals surface area contributed by atoms with E-state index in [1.165, 1.54) is 5.56 Å². The summed E-state index contributed by atoms with van der Waals surface area (Å²) >= 11 is 0. The molecule has 1 fully saturated rings. The van der Waals surface area contributed by atoms with Crippen LogP contribution in [0.1, 0.15) is 46.1 Å². The standard InChI is InChI=1S/C18H24N4O4/c1-21(12-16-14-4-2-3-5-17(14)26-20-16)18(23)15-10-13(25-19-15)11-22-6-8-24-9-7-22/h10H,2-9,11-12H2,1H3. The average molecular weight is 360 g/mol. The molecule has 3 heterocycles. The van der Waals surface area contributed by atoms with Crippen molar-refractivity contribution < 1.29 is 18.6 Å². The summed E-state index contributed by atoms with van der Waals surface area (Å²) in [4.78, 5) is 16.5. The SMILES string of the molecule is CN(Cc1noc2c1CCCC2)C(=O)c1cc(CN2CCOCC2)on1. The molecule has 26 heavy (non-hydrogen) atoms. The van der Waals surface area contributed by atoms with E-state index in [9.17, 15) is 4.79 Å². The highest BCUT2D eigenvalue weighted by Gasteiger charge is 2.24. The second-order valence-electron chi connectivity index (χ2n) is 6.97. The van der Waals surface area contributed by atoms with Crippen LogP contribution in [0.4, 0.5) is 0 Å². The van der Waals surface area contributed by atoms with Gasteiger partial charge in [-0.05, 0) is 19.3 Å². The summed E-state index contributed by atoms with van der Waals surface area (Å²) in [5, 5.41) is 8.12. The summed E-state index contributed by atoms with van der Waals surface area (Å²) in [6.07, 6.45) is 4.20. The number of hydrogen-bond acceptors (Lipinski definition) is 7. The largest absolute Gasteiger partial charge is 0.379 e. The molecule has 0 N–H and O–H groups in total. The molecule has 140 valence electrons. The second kappa shape index (κ2) is 7.59. The number of rotatable bonds is 5. The van der Waals surface area contributed by atoms with Gasteiger partial charge in [0.05, 0.1) is 26.3 Å². The van der Waals surface area contributed by atoms with Crippen LogP contribution in [-0.4, -0.2) is 59.4 Å². The number of hydrogen-bond donors (Lipinski definition) is 0. The topological polar surface area (TPSA) is 84.8 Å². The van der Waals surface area contributed by atoms with Gasteiger partial charge in [0.15, 0.2) is 11.5 Å². The van der Waals surface area contributed by atoms with Gasteiger partial charge in [-0.25, -0.2) is 0 Å². The molecule has 0 spiro atoms. The summed E-state index contributed by atoms with van der Waals surface area (Å²) in [5.74, 6) is 1.50. The van der Waals surface area contributed by atoms with Gasteiger partial charge in [-0.3, -0.25) is 9.69 Å². The van der Waals surface area contributed by atoms with E-state index in [0.29, 0.717) is 24.5 Å². The number of amides is 1. The van der Waals surface area contributed by atoms with Crippen molar-refractivity contribution >= 4 is 5.91 Å². The molecule has 8 nitrogen and oxygen atoms in total. The van der Waals surface area contributed by atoms with Gasteiger partial charge in [0.2, 0.25) is 0 Å². The van der Waals surface area contributed by atoms with E-state index in [1.54, 1.807) is 18.0 Å². The number of morpholine rings is 1. The van der Waals surface area contributed by atoms with Crippen molar-refractivity contribution in [3.8, 4) is 0 Å². The molecule has 0 unspecified atom stereocenters. The molecule has 8 heteroatoms. The van der Waals surface area contributed by atoms with Crippen molar-refractivity contribution in [1.82, 2.24) is 20.1 Å². The van der Waals surface area contributed by atoms with E-state index >= 15 is 0 Å². The van der Waals surface area contributed by atoms with E-state index in [1.807, 2.05) is 0 Å². The van der Waals surface area contributed by atoms with E-state index in [2.05, 4.69) is 15.2 Å². The van der Waals surface area contributed by atoms with E-state index < -0.39 is 0 Å². The van der Waals surface area contributed by atoms with Crippen LogP contribution in [0.3, 0.4) is 0 Å². The fourth-order valence-corrected chi connectivity index (χ4v) is 3.53. The maximum absolute atomic E-state index is 12.7. The lowest BCUT2D eigenvalue weighted by Crippen LogP contribution is -2.35. The summed E-state index contributed by atoms with van der Waals surface area (Å²) in [7, 11) is 1.75. The van der Waals surface area contributed by atoms with Crippen LogP contribution in [0.5, 0.6) is 0 Å². The molecule has 0 aromatic carbocycles. The van der Waals surface area contributed by atoms with Crippen molar-refractivity contribution in [3.63, 3.8) is 0 Å². The second-order valence-corrected chi connectivity index (χ2v) is 6.97. The Labute approximate surface area is 152 Å². The van der Waals surface area contributed by atoms with Crippen molar-refractivity contribution in [2.24, 2.45) is 0 Å². The summed E-state index contributed by atoms with van der Waals surface area (Å²) in [5.41, 5.74) is 2.35. The Hall–Kier alpha value is -2.19. The zero-order valence-electron chi connectivity index (χ0n) is 15.1. The first-order valence-corrected chi connectivity index (χ1v) is 9.18. The number of aryl methyl sites for hydroxylation is 1. The lowest BCUT2D eigenvalue weighted by atomic mass is 9.96. The minimum Gasteiger partial charge on any atom is -0.379 e. The first kappa shape index (κ1) is 17.2. The molecule has 2 aromatic rings. The van der Waals surface area contributed by atoms with E-state index in [4.69, 9.17) is 13.8 Å². The lowest BCUT2D eigenvalue weighted by Gasteiger charge is -2.25. The monoisotopic (exact) mass is 360 g/mol. The molecule has 0 atom stereocenters. The van der Waals surface area contributed by atoms with Crippen molar-refractivity contribution in [1.29, 1.82) is 0 Å². The minimum absolute atomic E-state index is 0.172. The Kier molecular flexibility index (Phi) is 5.03. The fraction of sp³-hybridized carbons (Fsp3) is 0.611. The molecule has 4 rings (SSSR count). The molecule has 2 aliphatic rings. The number of aromatic nitrogens is 2. The van der Waals surface area contributed by atoms with Crippen molar-refractivity contribution in [2.45, 2.75) is 38.8 Å². The van der Waals surface area contributed by atoms with Gasteiger partial charge < -0.3 is 18.7 Å². The van der Waals surface area contributed by atoms with Crippen molar-refractivity contribution in [2.75, 3.05) is 33.4 Å². The minimum atomic E-state index is -0.172. The average Bonchev–Trinajstić information content (AvgIpc) is 3.29. The zero-order chi connectivity index (χ0) is 17.9. The van der Waals surface area contributed by atoms with Gasteiger partial charge in [-0.15, -0.1) is 0 Å². The lowest BCUT2D eigenvalue weighted by molar-refractivity contribution is 0.0305. The van der Waals surface area contributed by atoms with Crippen molar-refractivity contribution in [3.05, 3.63) is 34.5 Å². The number of ether oxygens (including phenoxy) is 1. The molecule has 1 aliphatic carbocycles. The van der Waals surface area contributed by atoms with Gasteiger partial charge in [-0.2, -0.15) is 0 Å². The molecule has 2 aromatic heterocycles. The summed E-state index contributed by atoms with van der Waals surface area (Å²) < 4.78 is 16.1. The third-order valence-corrected chi connectivity index (χ3v) is 5.03. The van der Waals surface area contributed by atoms with Gasteiger partial charge in [0.25, 0.3) is 5.91 Å². The number of nitrogens with zero attached hydrogens (tertiary/aromatic N) is 4. The first-order chi connectivity index (χ1) is 12.7. The van der Waals surface area contributed by atoms with Crippen LogP contribution in [0, 0.1) is 0 Å². The molecular formula is C18H24N4O4. The van der Waals surface area contributed by atoms with Crippen LogP contribution in [-0.2, 0) is 30.7 Å². The maximum atomic E-state index is 12.7. The predicted molar refractivity (Wildman–Crippen MR) is 91.5 cm³/mol. The molecule has 0 radical (unpaired) electrons. The van der Waals surface area contributed by atoms with Crippen LogP contribution in [0.2, 0.25) is 0 Å². The highest BCUT2D eigenvalue weighted by Crippen LogP contribution is 2.25. The van der Waals surface area contributed by atoms with Crippen LogP contribution < -0.4 is 0 Å². The summed E-state index contributed by atoms with van der Waals surface area (Å²) in [6.45, 7) is 4.24. The Morgan fingerprint density at radius 2 is 2.00 bits per heavy atom. The smallest absolute Gasteiger partial charge is 0.276 e. The van der Waals surface area contributed by atoms with Gasteiger partial charge >= 0.3 is 0 Å². The van der Waals surface area contributed by atoms with Gasteiger partial charge in [0, 0.05) is 38.2 Å². The molecule has 0 bridgehead atoms. The highest BCUT2D eigenvalue weighted by molar-refractivity contribution is 5.92. The molecule has 1 saturated heterocycles. The third kappa shape index (κ3) is 3.66. The van der Waals surface area contributed by atoms with Gasteiger partial charge in [-0.1, -0.05) is 10.3 Å². The number of fused-ring (bicyclic) bond motifs is 1. The van der Waals surface area contributed by atoms with Gasteiger partial charge in [0.1, 0.15) is 11.5 Å². The fourth-order valence-electron chi connectivity index (χ4n) is 3.53. The Morgan fingerprint density at radius 1 is 1.19 bits per heavy atom. The van der Waals surface area contributed by atoms with Crippen LogP contribution in [0.15, 0.2) is 15.1 Å². The molecular weight excluding hydrogens is 336 g/mol. The Morgan fingerprint density at radius 3 is 2.85 bits per heavy atom. The van der Waals surface area contributed by atoms with Crippen LogP contribution in [0.25, 0.3) is 0 Å². The highest BCUT2D eigenvalue weighted by atomic mass is 16.5. The molecule has 1 aliphatic heterocycles. The number of carbonyl (C=O) groups excluding carboxylic acids is 1. The summed E-state index contributed by atoms with van der Waals surface area (Å²) in [6, 6.07) is 1.73.